The second-order valence-corrected chi connectivity index (χ2v) is 13.5. The van der Waals surface area contributed by atoms with Gasteiger partial charge in [0, 0.05) is 35.9 Å². The van der Waals surface area contributed by atoms with Crippen molar-refractivity contribution in [1.82, 2.24) is 5.32 Å². The number of ether oxygens (including phenoxy) is 2. The van der Waals surface area contributed by atoms with Crippen molar-refractivity contribution in [2.24, 2.45) is 10.6 Å². The normalized spacial score (nSPS) is 17.6. The summed E-state index contributed by atoms with van der Waals surface area (Å²) in [5.74, 6) is 0.954. The zero-order valence-electron chi connectivity index (χ0n) is 25.3. The molecule has 1 aliphatic carbocycles. The molecule has 2 aliphatic rings. The van der Waals surface area contributed by atoms with Crippen LogP contribution in [0, 0.1) is 5.41 Å². The number of carbonyl (C=O) groups is 2. The highest BCUT2D eigenvalue weighted by atomic mass is 32.2. The van der Waals surface area contributed by atoms with Gasteiger partial charge in [0.05, 0.1) is 43.1 Å². The van der Waals surface area contributed by atoms with Crippen LogP contribution < -0.4 is 30.1 Å². The minimum absolute atomic E-state index is 0.0211. The molecule has 1 heterocycles. The Hall–Kier alpha value is -4.35. The summed E-state index contributed by atoms with van der Waals surface area (Å²) in [7, 11) is -0.617. The number of allylic oxidation sites excluding steroid dienone is 1. The van der Waals surface area contributed by atoms with Crippen LogP contribution in [0.15, 0.2) is 82.9 Å². The van der Waals surface area contributed by atoms with E-state index in [9.17, 15) is 18.0 Å². The number of benzene rings is 3. The molecule has 3 aromatic rings. The molecule has 0 fully saturated rings. The van der Waals surface area contributed by atoms with E-state index in [1.807, 2.05) is 41.3 Å². The van der Waals surface area contributed by atoms with Crippen LogP contribution in [-0.2, 0) is 26.0 Å². The molecule has 1 amide bonds. The van der Waals surface area contributed by atoms with E-state index < -0.39 is 16.1 Å². The van der Waals surface area contributed by atoms with Gasteiger partial charge < -0.3 is 25.0 Å². The SMILES string of the molecule is COc1ccc(C2C3=C(CC(C)(C)CC3=O)Nc3ccccc3N2CC(=O)NCCc2ccc(S(N)(=O)=O)cc2)c(OC)c1. The largest absolute Gasteiger partial charge is 0.497 e. The molecule has 5 rings (SSSR count). The minimum Gasteiger partial charge on any atom is -0.497 e. The van der Waals surface area contributed by atoms with Gasteiger partial charge in [-0.2, -0.15) is 0 Å². The van der Waals surface area contributed by atoms with Gasteiger partial charge in [0.2, 0.25) is 15.9 Å². The Kier molecular flexibility index (Phi) is 8.71. The topological polar surface area (TPSA) is 140 Å². The molecule has 44 heavy (non-hydrogen) atoms. The number of nitrogens with one attached hydrogen (secondary N) is 2. The quantitative estimate of drug-likeness (QED) is 0.322. The number of methoxy groups -OCH3 is 2. The Morgan fingerprint density at radius 1 is 1.05 bits per heavy atom. The number of para-hydroxylation sites is 2. The lowest BCUT2D eigenvalue weighted by atomic mass is 9.73. The summed E-state index contributed by atoms with van der Waals surface area (Å²) in [4.78, 5) is 29.5. The van der Waals surface area contributed by atoms with Crippen LogP contribution in [0.2, 0.25) is 0 Å². The number of nitrogens with zero attached hydrogens (tertiary/aromatic N) is 1. The molecule has 4 N–H and O–H groups in total. The summed E-state index contributed by atoms with van der Waals surface area (Å²) in [5.41, 5.74) is 4.42. The van der Waals surface area contributed by atoms with E-state index in [1.165, 1.54) is 12.1 Å². The number of primary sulfonamides is 1. The molecule has 0 bridgehead atoms. The van der Waals surface area contributed by atoms with Gasteiger partial charge in [-0.1, -0.05) is 38.1 Å². The van der Waals surface area contributed by atoms with Gasteiger partial charge in [0.1, 0.15) is 11.5 Å². The summed E-state index contributed by atoms with van der Waals surface area (Å²) in [5, 5.41) is 11.7. The molecule has 1 aliphatic heterocycles. The number of amides is 1. The third kappa shape index (κ3) is 6.58. The van der Waals surface area contributed by atoms with Gasteiger partial charge in [-0.3, -0.25) is 9.59 Å². The first-order valence-electron chi connectivity index (χ1n) is 14.4. The van der Waals surface area contributed by atoms with E-state index in [0.717, 1.165) is 28.2 Å². The van der Waals surface area contributed by atoms with E-state index in [2.05, 4.69) is 24.5 Å². The molecular weight excluding hydrogens is 580 g/mol. The second kappa shape index (κ2) is 12.3. The first kappa shape index (κ1) is 31.1. The molecule has 232 valence electrons. The predicted molar refractivity (Wildman–Crippen MR) is 169 cm³/mol. The standard InChI is InChI=1S/C33H38N4O6S/c1-33(2)18-26-31(28(38)19-33)32(24-14-11-22(42-3)17-29(24)43-4)37(27-8-6-5-7-25(27)36-26)20-30(39)35-16-15-21-9-12-23(13-10-21)44(34,40)41/h5-14,17,32,36H,15-16,18-20H2,1-4H3,(H,35,39)(H2,34,40,41). The maximum Gasteiger partial charge on any atom is 0.239 e. The molecule has 11 heteroatoms. The lowest BCUT2D eigenvalue weighted by Gasteiger charge is -2.38. The Labute approximate surface area is 258 Å². The number of anilines is 2. The lowest BCUT2D eigenvalue weighted by Crippen LogP contribution is -2.42. The van der Waals surface area contributed by atoms with Crippen molar-refractivity contribution in [2.45, 2.75) is 44.0 Å². The highest BCUT2D eigenvalue weighted by molar-refractivity contribution is 7.89. The predicted octanol–water partition coefficient (Wildman–Crippen LogP) is 4.33. The molecule has 10 nitrogen and oxygen atoms in total. The summed E-state index contributed by atoms with van der Waals surface area (Å²) in [6, 6.07) is 18.9. The Bertz CT molecular complexity index is 1720. The zero-order valence-corrected chi connectivity index (χ0v) is 26.2. The van der Waals surface area contributed by atoms with E-state index in [4.69, 9.17) is 14.6 Å². The van der Waals surface area contributed by atoms with Crippen LogP contribution in [0.4, 0.5) is 11.4 Å². The van der Waals surface area contributed by atoms with Crippen molar-refractivity contribution in [3.63, 3.8) is 0 Å². The van der Waals surface area contributed by atoms with Gasteiger partial charge in [0.15, 0.2) is 5.78 Å². The molecule has 0 aromatic heterocycles. The molecule has 0 spiro atoms. The number of nitrogens with two attached hydrogens (primary N) is 1. The van der Waals surface area contributed by atoms with Gasteiger partial charge in [-0.15, -0.1) is 0 Å². The average Bonchev–Trinajstić information content (AvgIpc) is 3.10. The first-order valence-corrected chi connectivity index (χ1v) is 15.9. The van der Waals surface area contributed by atoms with Crippen molar-refractivity contribution in [3.8, 4) is 11.5 Å². The maximum atomic E-state index is 14.0. The van der Waals surface area contributed by atoms with Gasteiger partial charge >= 0.3 is 0 Å². The molecular formula is C33H38N4O6S. The second-order valence-electron chi connectivity index (χ2n) is 11.9. The third-order valence-electron chi connectivity index (χ3n) is 8.04. The van der Waals surface area contributed by atoms with Crippen LogP contribution in [0.1, 0.15) is 43.9 Å². The summed E-state index contributed by atoms with van der Waals surface area (Å²) < 4.78 is 34.4. The average molecular weight is 619 g/mol. The smallest absolute Gasteiger partial charge is 0.239 e. The molecule has 1 atom stereocenters. The van der Waals surface area contributed by atoms with Crippen LogP contribution in [0.25, 0.3) is 0 Å². The Morgan fingerprint density at radius 3 is 2.45 bits per heavy atom. The van der Waals surface area contributed by atoms with E-state index in [0.29, 0.717) is 42.9 Å². The molecule has 3 aromatic carbocycles. The first-order chi connectivity index (χ1) is 20.9. The highest BCUT2D eigenvalue weighted by Crippen LogP contribution is 2.49. The summed E-state index contributed by atoms with van der Waals surface area (Å²) in [6.45, 7) is 4.48. The molecule has 0 radical (unpaired) electrons. The number of carbonyl (C=O) groups excluding carboxylic acids is 2. The monoisotopic (exact) mass is 618 g/mol. The number of hydrogen-bond acceptors (Lipinski definition) is 8. The van der Waals surface area contributed by atoms with E-state index >= 15 is 0 Å². The third-order valence-corrected chi connectivity index (χ3v) is 8.97. The Balaban J connectivity index is 1.50. The van der Waals surface area contributed by atoms with Crippen LogP contribution >= 0.6 is 0 Å². The summed E-state index contributed by atoms with van der Waals surface area (Å²) in [6.07, 6.45) is 1.54. The van der Waals surface area contributed by atoms with Crippen LogP contribution in [0.5, 0.6) is 11.5 Å². The van der Waals surface area contributed by atoms with Crippen LogP contribution in [-0.4, -0.2) is 47.4 Å². The molecule has 0 saturated carbocycles. The molecule has 1 unspecified atom stereocenters. The van der Waals surface area contributed by atoms with Gasteiger partial charge in [-0.25, -0.2) is 13.6 Å². The number of hydrogen-bond donors (Lipinski definition) is 3. The fourth-order valence-corrected chi connectivity index (χ4v) is 6.51. The van der Waals surface area contributed by atoms with Crippen molar-refractivity contribution in [2.75, 3.05) is 37.5 Å². The van der Waals surface area contributed by atoms with Gasteiger partial charge in [-0.05, 0) is 60.2 Å². The zero-order chi connectivity index (χ0) is 31.6. The molecule has 0 saturated heterocycles. The van der Waals surface area contributed by atoms with Crippen molar-refractivity contribution >= 4 is 33.1 Å². The summed E-state index contributed by atoms with van der Waals surface area (Å²) >= 11 is 0. The lowest BCUT2D eigenvalue weighted by molar-refractivity contribution is -0.120. The minimum atomic E-state index is -3.78. The Morgan fingerprint density at radius 2 is 1.77 bits per heavy atom. The maximum absolute atomic E-state index is 14.0. The van der Waals surface area contributed by atoms with Crippen molar-refractivity contribution in [1.29, 1.82) is 0 Å². The van der Waals surface area contributed by atoms with E-state index in [-0.39, 0.29) is 28.5 Å². The van der Waals surface area contributed by atoms with Crippen LogP contribution in [0.3, 0.4) is 0 Å². The van der Waals surface area contributed by atoms with Crippen molar-refractivity contribution < 1.29 is 27.5 Å². The number of sulfonamides is 1. The number of fused-ring (bicyclic) bond motifs is 1. The van der Waals surface area contributed by atoms with Crippen molar-refractivity contribution in [3.05, 3.63) is 89.1 Å². The fraction of sp³-hybridized carbons (Fsp3) is 0.333. The number of Topliss-reactive ketones (excluding diaryl/α,β-unsaturated/α-hetero) is 1. The fourth-order valence-electron chi connectivity index (χ4n) is 6.00. The van der Waals surface area contributed by atoms with Gasteiger partial charge in [0.25, 0.3) is 0 Å². The number of rotatable bonds is 9. The highest BCUT2D eigenvalue weighted by Gasteiger charge is 2.42. The van der Waals surface area contributed by atoms with E-state index in [1.54, 1.807) is 32.4 Å². The number of ketones is 1.